The van der Waals surface area contributed by atoms with Gasteiger partial charge in [0.05, 0.1) is 9.35 Å². The fourth-order valence-corrected chi connectivity index (χ4v) is 3.73. The van der Waals surface area contributed by atoms with Gasteiger partial charge in [0.2, 0.25) is 0 Å². The van der Waals surface area contributed by atoms with Gasteiger partial charge >= 0.3 is 0 Å². The lowest BCUT2D eigenvalue weighted by molar-refractivity contribution is -0.123. The molecule has 2 aromatic carbocycles. The van der Waals surface area contributed by atoms with Gasteiger partial charge in [0.15, 0.2) is 6.61 Å². The predicted molar refractivity (Wildman–Crippen MR) is 105 cm³/mol. The van der Waals surface area contributed by atoms with Gasteiger partial charge in [0, 0.05) is 4.47 Å². The van der Waals surface area contributed by atoms with Crippen LogP contribution in [0.3, 0.4) is 0 Å². The van der Waals surface area contributed by atoms with Crippen molar-refractivity contribution in [1.82, 2.24) is 10.9 Å². The third-order valence-corrected chi connectivity index (χ3v) is 5.48. The van der Waals surface area contributed by atoms with Crippen molar-refractivity contribution in [3.05, 3.63) is 61.7 Å². The number of benzene rings is 2. The third-order valence-electron chi connectivity index (χ3n) is 3.30. The first-order chi connectivity index (χ1) is 12.0. The molecule has 2 N–H and O–H groups in total. The molecule has 0 radical (unpaired) electrons. The Labute approximate surface area is 164 Å². The molecule has 0 saturated heterocycles. The van der Waals surface area contributed by atoms with Crippen molar-refractivity contribution in [2.24, 2.45) is 0 Å². The quantitative estimate of drug-likeness (QED) is 0.544. The fourth-order valence-electron chi connectivity index (χ4n) is 2.13. The zero-order valence-corrected chi connectivity index (χ0v) is 16.7. The van der Waals surface area contributed by atoms with E-state index in [2.05, 4.69) is 42.7 Å². The minimum Gasteiger partial charge on any atom is -0.483 e. The minimum atomic E-state index is -0.451. The van der Waals surface area contributed by atoms with Crippen LogP contribution in [0.25, 0.3) is 10.8 Å². The van der Waals surface area contributed by atoms with Crippen LogP contribution in [0.15, 0.2) is 56.8 Å². The molecule has 0 bridgehead atoms. The molecule has 5 nitrogen and oxygen atoms in total. The molecule has 0 unspecified atom stereocenters. The molecule has 0 aliphatic rings. The van der Waals surface area contributed by atoms with Gasteiger partial charge < -0.3 is 4.74 Å². The van der Waals surface area contributed by atoms with Crippen LogP contribution in [-0.2, 0) is 4.79 Å². The highest BCUT2D eigenvalue weighted by atomic mass is 79.9. The Morgan fingerprint density at radius 3 is 2.68 bits per heavy atom. The number of thiophene rings is 1. The summed E-state index contributed by atoms with van der Waals surface area (Å²) < 4.78 is 7.30. The molecule has 0 atom stereocenters. The minimum absolute atomic E-state index is 0.217. The van der Waals surface area contributed by atoms with E-state index in [4.69, 9.17) is 4.74 Å². The van der Waals surface area contributed by atoms with Gasteiger partial charge in [-0.05, 0) is 56.3 Å². The molecule has 1 aromatic heterocycles. The highest BCUT2D eigenvalue weighted by molar-refractivity contribution is 9.11. The van der Waals surface area contributed by atoms with E-state index < -0.39 is 5.91 Å². The molecule has 3 aromatic rings. The summed E-state index contributed by atoms with van der Waals surface area (Å²) >= 11 is 8.23. The van der Waals surface area contributed by atoms with Crippen molar-refractivity contribution < 1.29 is 14.3 Å². The summed E-state index contributed by atoms with van der Waals surface area (Å²) in [5.74, 6) is -0.261. The van der Waals surface area contributed by atoms with Gasteiger partial charge in [0.25, 0.3) is 11.8 Å². The molecule has 0 aliphatic heterocycles. The zero-order chi connectivity index (χ0) is 17.8. The lowest BCUT2D eigenvalue weighted by Gasteiger charge is -2.11. The topological polar surface area (TPSA) is 67.4 Å². The van der Waals surface area contributed by atoms with Crippen molar-refractivity contribution in [3.63, 3.8) is 0 Å². The number of rotatable bonds is 4. The maximum absolute atomic E-state index is 11.8. The van der Waals surface area contributed by atoms with Crippen LogP contribution in [0.4, 0.5) is 0 Å². The Balaban J connectivity index is 1.58. The monoisotopic (exact) mass is 482 g/mol. The van der Waals surface area contributed by atoms with Gasteiger partial charge in [-0.2, -0.15) is 0 Å². The van der Waals surface area contributed by atoms with E-state index in [1.165, 1.54) is 11.3 Å². The normalized spacial score (nSPS) is 10.5. The Bertz CT molecular complexity index is 929. The van der Waals surface area contributed by atoms with E-state index in [1.807, 2.05) is 24.3 Å². The highest BCUT2D eigenvalue weighted by Gasteiger charge is 2.11. The second-order valence-electron chi connectivity index (χ2n) is 5.01. The van der Waals surface area contributed by atoms with Crippen LogP contribution >= 0.6 is 43.2 Å². The van der Waals surface area contributed by atoms with Gasteiger partial charge in [-0.15, -0.1) is 11.3 Å². The molecule has 0 saturated carbocycles. The van der Waals surface area contributed by atoms with Crippen molar-refractivity contribution >= 4 is 65.8 Å². The number of fused-ring (bicyclic) bond motifs is 1. The maximum atomic E-state index is 11.8. The van der Waals surface area contributed by atoms with E-state index in [1.54, 1.807) is 23.6 Å². The van der Waals surface area contributed by atoms with Crippen LogP contribution in [0.1, 0.15) is 9.67 Å². The largest absolute Gasteiger partial charge is 0.483 e. The first kappa shape index (κ1) is 17.9. The van der Waals surface area contributed by atoms with Gasteiger partial charge in [-0.25, -0.2) is 0 Å². The van der Waals surface area contributed by atoms with Crippen LogP contribution in [0, 0.1) is 0 Å². The summed E-state index contributed by atoms with van der Waals surface area (Å²) in [5.41, 5.74) is 4.67. The predicted octanol–water partition coefficient (Wildman–Crippen LogP) is 4.27. The molecule has 25 heavy (non-hydrogen) atoms. The number of hydrazine groups is 1. The summed E-state index contributed by atoms with van der Waals surface area (Å²) in [6, 6.07) is 13.0. The Morgan fingerprint density at radius 1 is 1.08 bits per heavy atom. The second kappa shape index (κ2) is 7.99. The molecule has 8 heteroatoms. The maximum Gasteiger partial charge on any atom is 0.279 e. The average Bonchev–Trinajstić information content (AvgIpc) is 3.13. The number of ether oxygens (including phenoxy) is 1. The number of hydrogen-bond acceptors (Lipinski definition) is 4. The number of hydrogen-bond donors (Lipinski definition) is 2. The van der Waals surface area contributed by atoms with E-state index in [0.717, 1.165) is 19.7 Å². The van der Waals surface area contributed by atoms with E-state index in [0.29, 0.717) is 10.6 Å². The fraction of sp³-hybridized carbons (Fsp3) is 0.0588. The van der Waals surface area contributed by atoms with E-state index in [-0.39, 0.29) is 12.5 Å². The molecule has 0 spiro atoms. The smallest absolute Gasteiger partial charge is 0.279 e. The summed E-state index contributed by atoms with van der Waals surface area (Å²) in [4.78, 5) is 24.1. The van der Waals surface area contributed by atoms with Crippen molar-refractivity contribution in [3.8, 4) is 5.75 Å². The molecular weight excluding hydrogens is 472 g/mol. The van der Waals surface area contributed by atoms with Crippen molar-refractivity contribution in [2.75, 3.05) is 6.61 Å². The van der Waals surface area contributed by atoms with Crippen molar-refractivity contribution in [1.29, 1.82) is 0 Å². The zero-order valence-electron chi connectivity index (χ0n) is 12.7. The molecule has 0 aliphatic carbocycles. The molecule has 2 amide bonds. The Kier molecular flexibility index (Phi) is 5.72. The lowest BCUT2D eigenvalue weighted by atomic mass is 10.1. The van der Waals surface area contributed by atoms with E-state index in [9.17, 15) is 9.59 Å². The summed E-state index contributed by atoms with van der Waals surface area (Å²) in [6.45, 7) is -0.217. The SMILES string of the molecule is O=C(COc1ccc2cc(Br)ccc2c1Br)NNC(=O)c1cccs1. The van der Waals surface area contributed by atoms with Crippen LogP contribution < -0.4 is 15.6 Å². The van der Waals surface area contributed by atoms with Crippen molar-refractivity contribution in [2.45, 2.75) is 0 Å². The first-order valence-corrected chi connectivity index (χ1v) is 9.64. The summed E-state index contributed by atoms with van der Waals surface area (Å²) in [6.07, 6.45) is 0. The number of nitrogens with one attached hydrogen (secondary N) is 2. The number of carbonyl (C=O) groups is 2. The highest BCUT2D eigenvalue weighted by Crippen LogP contribution is 2.34. The standard InChI is InChI=1S/C17H12Br2N2O3S/c18-11-4-5-12-10(8-11)3-6-13(16(12)19)24-9-15(22)20-21-17(23)14-2-1-7-25-14/h1-8H,9H2,(H,20,22)(H,21,23). The Morgan fingerprint density at radius 2 is 1.92 bits per heavy atom. The van der Waals surface area contributed by atoms with Crippen LogP contribution in [0.2, 0.25) is 0 Å². The lowest BCUT2D eigenvalue weighted by Crippen LogP contribution is -2.43. The number of amides is 2. The van der Waals surface area contributed by atoms with Gasteiger partial charge in [-0.3, -0.25) is 20.4 Å². The molecule has 3 rings (SSSR count). The van der Waals surface area contributed by atoms with Crippen LogP contribution in [-0.4, -0.2) is 18.4 Å². The summed E-state index contributed by atoms with van der Waals surface area (Å²) in [7, 11) is 0. The number of carbonyl (C=O) groups excluding carboxylic acids is 2. The molecule has 128 valence electrons. The van der Waals surface area contributed by atoms with Gasteiger partial charge in [-0.1, -0.05) is 34.1 Å². The average molecular weight is 484 g/mol. The second-order valence-corrected chi connectivity index (χ2v) is 7.67. The summed E-state index contributed by atoms with van der Waals surface area (Å²) in [5, 5.41) is 3.81. The number of halogens is 2. The van der Waals surface area contributed by atoms with Gasteiger partial charge in [0.1, 0.15) is 5.75 Å². The Hall–Kier alpha value is -1.90. The molecule has 0 fully saturated rings. The molecular formula is C17H12Br2N2O3S. The first-order valence-electron chi connectivity index (χ1n) is 7.18. The van der Waals surface area contributed by atoms with E-state index >= 15 is 0 Å². The molecule has 1 heterocycles. The van der Waals surface area contributed by atoms with Crippen LogP contribution in [0.5, 0.6) is 5.75 Å². The third kappa shape index (κ3) is 4.39.